The van der Waals surface area contributed by atoms with Crippen LogP contribution in [0.2, 0.25) is 10.0 Å². The molecule has 2 aromatic carbocycles. The van der Waals surface area contributed by atoms with Gasteiger partial charge >= 0.3 is 5.97 Å². The van der Waals surface area contributed by atoms with E-state index in [0.717, 1.165) is 0 Å². The van der Waals surface area contributed by atoms with Gasteiger partial charge in [0.1, 0.15) is 17.8 Å². The monoisotopic (exact) mass is 417 g/mol. The number of aromatic nitrogens is 3. The van der Waals surface area contributed by atoms with Crippen LogP contribution in [0.5, 0.6) is 11.5 Å². The first-order valence-electron chi connectivity index (χ1n) is 8.43. The number of esters is 1. The van der Waals surface area contributed by atoms with Gasteiger partial charge in [0.25, 0.3) is 0 Å². The number of ether oxygens (including phenoxy) is 2. The van der Waals surface area contributed by atoms with Gasteiger partial charge in [0.2, 0.25) is 0 Å². The van der Waals surface area contributed by atoms with Gasteiger partial charge in [-0.15, -0.1) is 5.10 Å². The van der Waals surface area contributed by atoms with Gasteiger partial charge in [-0.1, -0.05) is 23.2 Å². The number of carbonyl (C=O) groups excluding carboxylic acids is 1. The largest absolute Gasteiger partial charge is 0.460 e. The molecule has 0 spiro atoms. The Morgan fingerprint density at radius 1 is 1.07 bits per heavy atom. The van der Waals surface area contributed by atoms with E-state index >= 15 is 0 Å². The standard InChI is InChI=1S/C20H17Cl2N3O3/c1-13(2)27-19(26)7-8-25-12-23-20(24-25)14-9-16(22)11-18(10-14)28-17-5-3-15(21)4-6-17/h3-13H,1-2H3. The van der Waals surface area contributed by atoms with E-state index in [0.29, 0.717) is 32.9 Å². The molecule has 0 saturated carbocycles. The van der Waals surface area contributed by atoms with E-state index in [2.05, 4.69) is 10.1 Å². The number of halogens is 2. The van der Waals surface area contributed by atoms with Gasteiger partial charge in [-0.25, -0.2) is 14.5 Å². The van der Waals surface area contributed by atoms with Gasteiger partial charge in [0.15, 0.2) is 5.82 Å². The summed E-state index contributed by atoms with van der Waals surface area (Å²) in [6.07, 6.45) is 4.05. The lowest BCUT2D eigenvalue weighted by Crippen LogP contribution is -2.08. The van der Waals surface area contributed by atoms with Crippen molar-refractivity contribution in [2.75, 3.05) is 0 Å². The van der Waals surface area contributed by atoms with Crippen LogP contribution in [0.25, 0.3) is 17.6 Å². The summed E-state index contributed by atoms with van der Waals surface area (Å²) in [7, 11) is 0. The maximum Gasteiger partial charge on any atom is 0.332 e. The molecule has 3 aromatic rings. The van der Waals surface area contributed by atoms with Crippen molar-refractivity contribution in [3.8, 4) is 22.9 Å². The average Bonchev–Trinajstić information content (AvgIpc) is 3.10. The van der Waals surface area contributed by atoms with Crippen molar-refractivity contribution in [2.24, 2.45) is 0 Å². The molecule has 0 aliphatic carbocycles. The fourth-order valence-corrected chi connectivity index (χ4v) is 2.63. The highest BCUT2D eigenvalue weighted by atomic mass is 35.5. The fraction of sp³-hybridized carbons (Fsp3) is 0.150. The zero-order valence-corrected chi connectivity index (χ0v) is 16.7. The van der Waals surface area contributed by atoms with Crippen molar-refractivity contribution in [3.05, 3.63) is 64.9 Å². The third-order valence-electron chi connectivity index (χ3n) is 3.40. The van der Waals surface area contributed by atoms with Crippen LogP contribution in [0.1, 0.15) is 13.8 Å². The second kappa shape index (κ2) is 8.91. The molecule has 6 nitrogen and oxygen atoms in total. The van der Waals surface area contributed by atoms with Gasteiger partial charge in [-0.05, 0) is 56.3 Å². The lowest BCUT2D eigenvalue weighted by atomic mass is 10.2. The smallest absolute Gasteiger partial charge is 0.332 e. The molecule has 8 heteroatoms. The van der Waals surface area contributed by atoms with Gasteiger partial charge in [0.05, 0.1) is 6.10 Å². The predicted octanol–water partition coefficient (Wildman–Crippen LogP) is 5.47. The van der Waals surface area contributed by atoms with E-state index in [4.69, 9.17) is 32.7 Å². The van der Waals surface area contributed by atoms with Crippen molar-refractivity contribution >= 4 is 35.4 Å². The molecular formula is C20H17Cl2N3O3. The molecular weight excluding hydrogens is 401 g/mol. The quantitative estimate of drug-likeness (QED) is 0.393. The zero-order chi connectivity index (χ0) is 20.1. The number of nitrogens with zero attached hydrogens (tertiary/aromatic N) is 3. The minimum Gasteiger partial charge on any atom is -0.460 e. The van der Waals surface area contributed by atoms with Gasteiger partial charge in [-0.2, -0.15) is 0 Å². The van der Waals surface area contributed by atoms with E-state index < -0.39 is 5.97 Å². The first kappa shape index (κ1) is 19.9. The molecule has 0 aliphatic heterocycles. The Balaban J connectivity index is 1.77. The summed E-state index contributed by atoms with van der Waals surface area (Å²) in [5.74, 6) is 1.15. The van der Waals surface area contributed by atoms with Crippen molar-refractivity contribution in [3.63, 3.8) is 0 Å². The lowest BCUT2D eigenvalue weighted by Gasteiger charge is -2.07. The second-order valence-electron chi connectivity index (χ2n) is 6.08. The van der Waals surface area contributed by atoms with Gasteiger partial charge < -0.3 is 9.47 Å². The summed E-state index contributed by atoms with van der Waals surface area (Å²) < 4.78 is 12.3. The Bertz CT molecular complexity index is 998. The number of hydrogen-bond donors (Lipinski definition) is 0. The molecule has 28 heavy (non-hydrogen) atoms. The van der Waals surface area contributed by atoms with Crippen molar-refractivity contribution in [2.45, 2.75) is 20.0 Å². The molecule has 0 N–H and O–H groups in total. The summed E-state index contributed by atoms with van der Waals surface area (Å²) in [6.45, 7) is 3.56. The van der Waals surface area contributed by atoms with E-state index in [1.165, 1.54) is 23.3 Å². The van der Waals surface area contributed by atoms with Crippen LogP contribution in [-0.4, -0.2) is 26.8 Å². The fourth-order valence-electron chi connectivity index (χ4n) is 2.28. The van der Waals surface area contributed by atoms with Gasteiger partial charge in [-0.3, -0.25) is 0 Å². The number of hydrogen-bond acceptors (Lipinski definition) is 5. The van der Waals surface area contributed by atoms with Gasteiger partial charge in [0, 0.05) is 27.9 Å². The van der Waals surface area contributed by atoms with Crippen LogP contribution >= 0.6 is 23.2 Å². The molecule has 0 atom stereocenters. The topological polar surface area (TPSA) is 66.2 Å². The first-order valence-corrected chi connectivity index (χ1v) is 9.19. The molecule has 0 radical (unpaired) electrons. The van der Waals surface area contributed by atoms with E-state index in [1.807, 2.05) is 0 Å². The molecule has 0 unspecified atom stereocenters. The molecule has 1 aromatic heterocycles. The zero-order valence-electron chi connectivity index (χ0n) is 15.2. The van der Waals surface area contributed by atoms with Crippen molar-refractivity contribution in [1.82, 2.24) is 14.8 Å². The Kier molecular flexibility index (Phi) is 6.34. The summed E-state index contributed by atoms with van der Waals surface area (Å²) in [5.41, 5.74) is 0.674. The number of carbonyl (C=O) groups is 1. The summed E-state index contributed by atoms with van der Waals surface area (Å²) in [6, 6.07) is 12.2. The lowest BCUT2D eigenvalue weighted by molar-refractivity contribution is -0.141. The highest BCUT2D eigenvalue weighted by molar-refractivity contribution is 6.31. The minimum absolute atomic E-state index is 0.186. The van der Waals surface area contributed by atoms with Crippen molar-refractivity contribution in [1.29, 1.82) is 0 Å². The minimum atomic E-state index is -0.451. The van der Waals surface area contributed by atoms with Crippen LogP contribution in [0.15, 0.2) is 54.9 Å². The second-order valence-corrected chi connectivity index (χ2v) is 6.95. The van der Waals surface area contributed by atoms with E-state index in [1.54, 1.807) is 56.3 Å². The molecule has 0 aliphatic rings. The van der Waals surface area contributed by atoms with E-state index in [9.17, 15) is 4.79 Å². The maximum atomic E-state index is 11.6. The third kappa shape index (κ3) is 5.58. The predicted molar refractivity (Wildman–Crippen MR) is 109 cm³/mol. The third-order valence-corrected chi connectivity index (χ3v) is 3.87. The molecule has 0 amide bonds. The Hall–Kier alpha value is -2.83. The van der Waals surface area contributed by atoms with Crippen LogP contribution in [0.4, 0.5) is 0 Å². The Labute approximate surface area is 172 Å². The SMILES string of the molecule is CC(C)OC(=O)C=Cn1cnc(-c2cc(Cl)cc(Oc3ccc(Cl)cc3)c2)n1. The Morgan fingerprint density at radius 2 is 1.82 bits per heavy atom. The number of benzene rings is 2. The molecule has 0 saturated heterocycles. The highest BCUT2D eigenvalue weighted by Gasteiger charge is 2.09. The summed E-state index contributed by atoms with van der Waals surface area (Å²) >= 11 is 12.1. The average molecular weight is 418 g/mol. The van der Waals surface area contributed by atoms with Crippen LogP contribution in [-0.2, 0) is 9.53 Å². The molecule has 144 valence electrons. The summed E-state index contributed by atoms with van der Waals surface area (Å²) in [5, 5.41) is 5.42. The van der Waals surface area contributed by atoms with E-state index in [-0.39, 0.29) is 6.10 Å². The van der Waals surface area contributed by atoms with Crippen molar-refractivity contribution < 1.29 is 14.3 Å². The Morgan fingerprint density at radius 3 is 2.54 bits per heavy atom. The van der Waals surface area contributed by atoms with Crippen LogP contribution < -0.4 is 4.74 Å². The molecule has 3 rings (SSSR count). The number of rotatable bonds is 6. The molecule has 1 heterocycles. The normalized spacial score (nSPS) is 11.2. The highest BCUT2D eigenvalue weighted by Crippen LogP contribution is 2.30. The summed E-state index contributed by atoms with van der Waals surface area (Å²) in [4.78, 5) is 15.8. The maximum absolute atomic E-state index is 11.6. The molecule has 0 bridgehead atoms. The van der Waals surface area contributed by atoms with Crippen LogP contribution in [0.3, 0.4) is 0 Å². The molecule has 0 fully saturated rings. The first-order chi connectivity index (χ1) is 13.4. The van der Waals surface area contributed by atoms with Crippen LogP contribution in [0, 0.1) is 0 Å².